The number of aromatic amines is 1. The van der Waals surface area contributed by atoms with Crippen molar-refractivity contribution >= 4 is 15.7 Å². The Labute approximate surface area is 125 Å². The number of H-pyrrole nitrogens is 1. The SMILES string of the molecule is CCCNc1ccc(S(=O)(=O)N(C)Cc2cn[nH]c2)cc1. The fourth-order valence-corrected chi connectivity index (χ4v) is 3.06. The fourth-order valence-electron chi connectivity index (χ4n) is 1.90. The third kappa shape index (κ3) is 3.83. The minimum Gasteiger partial charge on any atom is -0.385 e. The number of hydrogen-bond acceptors (Lipinski definition) is 4. The Bertz CT molecular complexity index is 651. The van der Waals surface area contributed by atoms with E-state index in [0.717, 1.165) is 24.2 Å². The number of nitrogens with one attached hydrogen (secondary N) is 2. The summed E-state index contributed by atoms with van der Waals surface area (Å²) in [6, 6.07) is 6.82. The summed E-state index contributed by atoms with van der Waals surface area (Å²) in [7, 11) is -1.93. The van der Waals surface area contributed by atoms with Crippen molar-refractivity contribution in [3.05, 3.63) is 42.2 Å². The normalized spacial score (nSPS) is 11.8. The van der Waals surface area contributed by atoms with Crippen LogP contribution in [-0.2, 0) is 16.6 Å². The van der Waals surface area contributed by atoms with Crippen molar-refractivity contribution in [2.45, 2.75) is 24.8 Å². The van der Waals surface area contributed by atoms with Crippen molar-refractivity contribution in [2.24, 2.45) is 0 Å². The molecule has 1 aromatic carbocycles. The van der Waals surface area contributed by atoms with Crippen LogP contribution in [0.25, 0.3) is 0 Å². The Hall–Kier alpha value is -1.86. The molecule has 0 aliphatic rings. The molecular formula is C14H20N4O2S. The van der Waals surface area contributed by atoms with E-state index in [0.29, 0.717) is 0 Å². The second-order valence-corrected chi connectivity index (χ2v) is 6.86. The van der Waals surface area contributed by atoms with Crippen LogP contribution in [0.5, 0.6) is 0 Å². The summed E-state index contributed by atoms with van der Waals surface area (Å²) in [6.45, 7) is 3.23. The molecule has 0 fully saturated rings. The van der Waals surface area contributed by atoms with E-state index in [1.54, 1.807) is 43.7 Å². The van der Waals surface area contributed by atoms with Crippen LogP contribution in [0.15, 0.2) is 41.6 Å². The molecule has 6 nitrogen and oxygen atoms in total. The molecule has 0 unspecified atom stereocenters. The lowest BCUT2D eigenvalue weighted by Gasteiger charge is -2.16. The lowest BCUT2D eigenvalue weighted by molar-refractivity contribution is 0.467. The highest BCUT2D eigenvalue weighted by atomic mass is 32.2. The first kappa shape index (κ1) is 15.5. The van der Waals surface area contributed by atoms with Crippen molar-refractivity contribution in [3.63, 3.8) is 0 Å². The van der Waals surface area contributed by atoms with Crippen LogP contribution in [-0.4, -0.2) is 36.5 Å². The zero-order chi connectivity index (χ0) is 15.3. The summed E-state index contributed by atoms with van der Waals surface area (Å²) in [4.78, 5) is 0.288. The molecule has 0 amide bonds. The smallest absolute Gasteiger partial charge is 0.243 e. The van der Waals surface area contributed by atoms with Crippen LogP contribution in [0.1, 0.15) is 18.9 Å². The predicted molar refractivity (Wildman–Crippen MR) is 82.5 cm³/mol. The molecule has 2 aromatic rings. The van der Waals surface area contributed by atoms with E-state index in [9.17, 15) is 8.42 Å². The summed E-state index contributed by atoms with van der Waals surface area (Å²) < 4.78 is 26.2. The monoisotopic (exact) mass is 308 g/mol. The van der Waals surface area contributed by atoms with Gasteiger partial charge in [-0.05, 0) is 30.7 Å². The number of sulfonamides is 1. The average Bonchev–Trinajstić information content (AvgIpc) is 2.98. The zero-order valence-electron chi connectivity index (χ0n) is 12.2. The first-order valence-electron chi connectivity index (χ1n) is 6.82. The Kier molecular flexibility index (Phi) is 4.98. The standard InChI is InChI=1S/C14H20N4O2S/c1-3-8-15-13-4-6-14(7-5-13)21(19,20)18(2)11-12-9-16-17-10-12/h4-7,9-10,15H,3,8,11H2,1-2H3,(H,16,17). The van der Waals surface area contributed by atoms with Gasteiger partial charge in [0, 0.05) is 37.6 Å². The molecule has 0 bridgehead atoms. The number of aromatic nitrogens is 2. The summed E-state index contributed by atoms with van der Waals surface area (Å²) in [6.07, 6.45) is 4.32. The summed E-state index contributed by atoms with van der Waals surface area (Å²) in [5, 5.41) is 9.71. The second kappa shape index (κ2) is 6.73. The van der Waals surface area contributed by atoms with Gasteiger partial charge in [0.15, 0.2) is 0 Å². The molecule has 0 saturated heterocycles. The second-order valence-electron chi connectivity index (χ2n) is 4.82. The number of hydrogen-bond donors (Lipinski definition) is 2. The molecule has 21 heavy (non-hydrogen) atoms. The Morgan fingerprint density at radius 3 is 2.57 bits per heavy atom. The Balaban J connectivity index is 2.11. The van der Waals surface area contributed by atoms with Crippen LogP contribution in [0, 0.1) is 0 Å². The van der Waals surface area contributed by atoms with Crippen molar-refractivity contribution in [3.8, 4) is 0 Å². The van der Waals surface area contributed by atoms with Crippen LogP contribution in [0.2, 0.25) is 0 Å². The molecule has 114 valence electrons. The minimum atomic E-state index is -3.49. The van der Waals surface area contributed by atoms with Gasteiger partial charge in [-0.25, -0.2) is 8.42 Å². The van der Waals surface area contributed by atoms with Crippen LogP contribution < -0.4 is 5.32 Å². The highest BCUT2D eigenvalue weighted by molar-refractivity contribution is 7.89. The first-order valence-corrected chi connectivity index (χ1v) is 8.26. The molecule has 0 aliphatic carbocycles. The average molecular weight is 308 g/mol. The van der Waals surface area contributed by atoms with Gasteiger partial charge in [-0.1, -0.05) is 6.92 Å². The maximum Gasteiger partial charge on any atom is 0.243 e. The van der Waals surface area contributed by atoms with Crippen molar-refractivity contribution in [1.29, 1.82) is 0 Å². The van der Waals surface area contributed by atoms with Crippen molar-refractivity contribution < 1.29 is 8.42 Å². The highest BCUT2D eigenvalue weighted by Gasteiger charge is 2.20. The van der Waals surface area contributed by atoms with Gasteiger partial charge >= 0.3 is 0 Å². The summed E-state index contributed by atoms with van der Waals surface area (Å²) >= 11 is 0. The highest BCUT2D eigenvalue weighted by Crippen LogP contribution is 2.18. The van der Waals surface area contributed by atoms with E-state index in [1.807, 2.05) is 0 Å². The minimum absolute atomic E-state index is 0.286. The van der Waals surface area contributed by atoms with E-state index in [1.165, 1.54) is 4.31 Å². The van der Waals surface area contributed by atoms with E-state index >= 15 is 0 Å². The van der Waals surface area contributed by atoms with Gasteiger partial charge in [-0.2, -0.15) is 9.40 Å². The van der Waals surface area contributed by atoms with Gasteiger partial charge in [-0.15, -0.1) is 0 Å². The Morgan fingerprint density at radius 2 is 2.00 bits per heavy atom. The molecule has 2 N–H and O–H groups in total. The van der Waals surface area contributed by atoms with Crippen LogP contribution >= 0.6 is 0 Å². The van der Waals surface area contributed by atoms with Gasteiger partial charge in [-0.3, -0.25) is 5.10 Å². The van der Waals surface area contributed by atoms with E-state index < -0.39 is 10.0 Å². The number of nitrogens with zero attached hydrogens (tertiary/aromatic N) is 2. The van der Waals surface area contributed by atoms with Crippen LogP contribution in [0.3, 0.4) is 0 Å². The maximum atomic E-state index is 12.5. The number of anilines is 1. The molecule has 0 radical (unpaired) electrons. The van der Waals surface area contributed by atoms with Crippen LogP contribution in [0.4, 0.5) is 5.69 Å². The van der Waals surface area contributed by atoms with E-state index in [-0.39, 0.29) is 11.4 Å². The summed E-state index contributed by atoms with van der Waals surface area (Å²) in [5.41, 5.74) is 1.75. The molecule has 0 spiro atoms. The van der Waals surface area contributed by atoms with Gasteiger partial charge in [0.2, 0.25) is 10.0 Å². The van der Waals surface area contributed by atoms with Gasteiger partial charge in [0.1, 0.15) is 0 Å². The summed E-state index contributed by atoms with van der Waals surface area (Å²) in [5.74, 6) is 0. The molecule has 0 saturated carbocycles. The third-order valence-corrected chi connectivity index (χ3v) is 4.92. The lowest BCUT2D eigenvalue weighted by atomic mass is 10.3. The van der Waals surface area contributed by atoms with Gasteiger partial charge in [0.05, 0.1) is 11.1 Å². The molecule has 1 heterocycles. The van der Waals surface area contributed by atoms with Gasteiger partial charge in [0.25, 0.3) is 0 Å². The molecule has 0 aliphatic heterocycles. The topological polar surface area (TPSA) is 78.1 Å². The van der Waals surface area contributed by atoms with Gasteiger partial charge < -0.3 is 5.32 Å². The predicted octanol–water partition coefficient (Wildman–Crippen LogP) is 2.05. The quantitative estimate of drug-likeness (QED) is 0.820. The first-order chi connectivity index (χ1) is 10.0. The fraction of sp³-hybridized carbons (Fsp3) is 0.357. The third-order valence-electron chi connectivity index (χ3n) is 3.10. The molecule has 7 heteroatoms. The van der Waals surface area contributed by atoms with Crippen molar-refractivity contribution in [2.75, 3.05) is 18.9 Å². The number of rotatable bonds is 7. The number of benzene rings is 1. The largest absolute Gasteiger partial charge is 0.385 e. The van der Waals surface area contributed by atoms with E-state index in [2.05, 4.69) is 22.4 Å². The zero-order valence-corrected chi connectivity index (χ0v) is 13.0. The Morgan fingerprint density at radius 1 is 1.29 bits per heavy atom. The molecular weight excluding hydrogens is 288 g/mol. The van der Waals surface area contributed by atoms with Crippen molar-refractivity contribution in [1.82, 2.24) is 14.5 Å². The molecule has 0 atom stereocenters. The maximum absolute atomic E-state index is 12.5. The molecule has 2 rings (SSSR count). The molecule has 1 aromatic heterocycles. The lowest BCUT2D eigenvalue weighted by Crippen LogP contribution is -2.26. The van der Waals surface area contributed by atoms with E-state index in [4.69, 9.17) is 0 Å².